The molecule has 3 nitrogen and oxygen atoms in total. The van der Waals surface area contributed by atoms with E-state index < -0.39 is 13.0 Å². The first-order valence-electron chi connectivity index (χ1n) is 5.96. The van der Waals surface area contributed by atoms with Gasteiger partial charge in [-0.2, -0.15) is 0 Å². The summed E-state index contributed by atoms with van der Waals surface area (Å²) >= 11 is 11.9. The molecule has 0 aliphatic carbocycles. The summed E-state index contributed by atoms with van der Waals surface area (Å²) in [6, 6.07) is 2.87. The monoisotopic (exact) mass is 326 g/mol. The lowest BCUT2D eigenvalue weighted by Crippen LogP contribution is -2.10. The molecule has 0 amide bonds. The molecule has 0 saturated heterocycles. The SMILES string of the molecule is CCOc1cc(Cl)c(C(=O)CCOCC(F)F)cc1Cl. The highest BCUT2D eigenvalue weighted by Gasteiger charge is 2.15. The number of benzene rings is 1. The molecule has 1 aromatic rings. The van der Waals surface area contributed by atoms with Crippen LogP contribution in [0.3, 0.4) is 0 Å². The highest BCUT2D eigenvalue weighted by atomic mass is 35.5. The minimum absolute atomic E-state index is 0.0449. The second-order valence-electron chi connectivity index (χ2n) is 3.83. The zero-order valence-electron chi connectivity index (χ0n) is 10.8. The third-order valence-corrected chi connectivity index (χ3v) is 2.95. The van der Waals surface area contributed by atoms with Gasteiger partial charge in [0.25, 0.3) is 6.43 Å². The molecule has 1 aromatic carbocycles. The second kappa shape index (κ2) is 8.39. The molecule has 20 heavy (non-hydrogen) atoms. The summed E-state index contributed by atoms with van der Waals surface area (Å²) in [6.45, 7) is 1.43. The van der Waals surface area contributed by atoms with Gasteiger partial charge in [-0.1, -0.05) is 23.2 Å². The molecule has 0 bridgehead atoms. The minimum Gasteiger partial charge on any atom is -0.492 e. The quantitative estimate of drug-likeness (QED) is 0.529. The number of hydrogen-bond acceptors (Lipinski definition) is 3. The van der Waals surface area contributed by atoms with E-state index in [9.17, 15) is 13.6 Å². The Morgan fingerprint density at radius 3 is 2.60 bits per heavy atom. The van der Waals surface area contributed by atoms with Gasteiger partial charge in [0.05, 0.1) is 23.3 Å². The molecule has 0 radical (unpaired) electrons. The van der Waals surface area contributed by atoms with Crippen molar-refractivity contribution in [2.45, 2.75) is 19.8 Å². The van der Waals surface area contributed by atoms with Crippen molar-refractivity contribution < 1.29 is 23.0 Å². The first-order chi connectivity index (χ1) is 9.45. The van der Waals surface area contributed by atoms with E-state index in [0.29, 0.717) is 12.4 Å². The molecule has 7 heteroatoms. The van der Waals surface area contributed by atoms with Crippen molar-refractivity contribution in [3.05, 3.63) is 27.7 Å². The maximum Gasteiger partial charge on any atom is 0.261 e. The zero-order valence-corrected chi connectivity index (χ0v) is 12.3. The Bertz CT molecular complexity index is 467. The van der Waals surface area contributed by atoms with Gasteiger partial charge >= 0.3 is 0 Å². The van der Waals surface area contributed by atoms with Crippen molar-refractivity contribution in [3.8, 4) is 5.75 Å². The lowest BCUT2D eigenvalue weighted by molar-refractivity contribution is 0.0170. The van der Waals surface area contributed by atoms with E-state index >= 15 is 0 Å². The molecule has 0 aromatic heterocycles. The third kappa shape index (κ3) is 5.23. The van der Waals surface area contributed by atoms with E-state index in [0.717, 1.165) is 0 Å². The number of alkyl halides is 2. The molecule has 0 heterocycles. The van der Waals surface area contributed by atoms with Gasteiger partial charge in [-0.15, -0.1) is 0 Å². The average molecular weight is 327 g/mol. The summed E-state index contributed by atoms with van der Waals surface area (Å²) in [5, 5.41) is 0.477. The molecule has 0 atom stereocenters. The number of halogens is 4. The highest BCUT2D eigenvalue weighted by molar-refractivity contribution is 6.36. The van der Waals surface area contributed by atoms with Crippen LogP contribution in [0.25, 0.3) is 0 Å². The summed E-state index contributed by atoms with van der Waals surface area (Å²) in [6.07, 6.45) is -2.59. The second-order valence-corrected chi connectivity index (χ2v) is 4.65. The fourth-order valence-electron chi connectivity index (χ4n) is 1.48. The van der Waals surface area contributed by atoms with Gasteiger partial charge < -0.3 is 9.47 Å². The van der Waals surface area contributed by atoms with E-state index in [-0.39, 0.29) is 34.4 Å². The lowest BCUT2D eigenvalue weighted by Gasteiger charge is -2.10. The van der Waals surface area contributed by atoms with Gasteiger partial charge in [-0.25, -0.2) is 8.78 Å². The Labute approximate surface area is 125 Å². The molecule has 112 valence electrons. The number of ketones is 1. The number of carbonyl (C=O) groups is 1. The summed E-state index contributed by atoms with van der Waals surface area (Å²) in [7, 11) is 0. The number of ether oxygens (including phenoxy) is 2. The van der Waals surface area contributed by atoms with Crippen LogP contribution in [0.2, 0.25) is 10.0 Å². The average Bonchev–Trinajstić information content (AvgIpc) is 2.38. The number of Topliss-reactive ketones (excluding diaryl/α,β-unsaturated/α-hetero) is 1. The van der Waals surface area contributed by atoms with Crippen molar-refractivity contribution in [1.82, 2.24) is 0 Å². The maximum absolute atomic E-state index is 11.9. The number of hydrogen-bond donors (Lipinski definition) is 0. The standard InChI is InChI=1S/C13H14Cl2F2O3/c1-2-20-12-6-9(14)8(5-10(12)15)11(18)3-4-19-7-13(16)17/h5-6,13H,2-4,7H2,1H3. The first-order valence-corrected chi connectivity index (χ1v) is 6.72. The Balaban J connectivity index is 2.66. The van der Waals surface area contributed by atoms with Crippen LogP contribution < -0.4 is 4.74 Å². The van der Waals surface area contributed by atoms with Crippen molar-refractivity contribution in [2.24, 2.45) is 0 Å². The van der Waals surface area contributed by atoms with Crippen molar-refractivity contribution in [2.75, 3.05) is 19.8 Å². The van der Waals surface area contributed by atoms with E-state index in [4.69, 9.17) is 27.9 Å². The summed E-state index contributed by atoms with van der Waals surface area (Å²) in [5.41, 5.74) is 0.223. The number of carbonyl (C=O) groups excluding carboxylic acids is 1. The molecule has 0 aliphatic heterocycles. The number of rotatable bonds is 8. The highest BCUT2D eigenvalue weighted by Crippen LogP contribution is 2.31. The van der Waals surface area contributed by atoms with E-state index in [1.165, 1.54) is 12.1 Å². The van der Waals surface area contributed by atoms with Crippen LogP contribution in [-0.2, 0) is 4.74 Å². The van der Waals surface area contributed by atoms with Crippen LogP contribution in [-0.4, -0.2) is 32.0 Å². The minimum atomic E-state index is -2.55. The third-order valence-electron chi connectivity index (χ3n) is 2.34. The maximum atomic E-state index is 11.9. The van der Waals surface area contributed by atoms with Gasteiger partial charge in [0.1, 0.15) is 12.4 Å². The smallest absolute Gasteiger partial charge is 0.261 e. The molecule has 1 rings (SSSR count). The van der Waals surface area contributed by atoms with Crippen LogP contribution in [0.1, 0.15) is 23.7 Å². The molecular formula is C13H14Cl2F2O3. The van der Waals surface area contributed by atoms with Crippen LogP contribution in [0.15, 0.2) is 12.1 Å². The van der Waals surface area contributed by atoms with Gasteiger partial charge in [0.2, 0.25) is 0 Å². The molecule has 0 saturated carbocycles. The summed E-state index contributed by atoms with van der Waals surface area (Å²) < 4.78 is 33.6. The Hall–Kier alpha value is -0.910. The fourth-order valence-corrected chi connectivity index (χ4v) is 1.96. The predicted octanol–water partition coefficient (Wildman–Crippen LogP) is 4.25. The fraction of sp³-hybridized carbons (Fsp3) is 0.462. The van der Waals surface area contributed by atoms with Crippen LogP contribution in [0.5, 0.6) is 5.75 Å². The molecule has 0 aliphatic rings. The van der Waals surface area contributed by atoms with E-state index in [1.54, 1.807) is 6.92 Å². The predicted molar refractivity (Wildman–Crippen MR) is 73.4 cm³/mol. The summed E-state index contributed by atoms with van der Waals surface area (Å²) in [4.78, 5) is 11.9. The Morgan fingerprint density at radius 2 is 2.00 bits per heavy atom. The molecule has 0 N–H and O–H groups in total. The molecule has 0 spiro atoms. The Morgan fingerprint density at radius 1 is 1.30 bits per heavy atom. The zero-order chi connectivity index (χ0) is 15.1. The van der Waals surface area contributed by atoms with Gasteiger partial charge in [-0.05, 0) is 13.0 Å². The largest absolute Gasteiger partial charge is 0.492 e. The van der Waals surface area contributed by atoms with Gasteiger partial charge in [0.15, 0.2) is 5.78 Å². The van der Waals surface area contributed by atoms with Gasteiger partial charge in [-0.3, -0.25) is 4.79 Å². The van der Waals surface area contributed by atoms with E-state index in [2.05, 4.69) is 4.74 Å². The van der Waals surface area contributed by atoms with Crippen molar-refractivity contribution in [1.29, 1.82) is 0 Å². The van der Waals surface area contributed by atoms with Gasteiger partial charge in [0, 0.05) is 18.1 Å². The molecule has 0 unspecified atom stereocenters. The van der Waals surface area contributed by atoms with Crippen molar-refractivity contribution in [3.63, 3.8) is 0 Å². The topological polar surface area (TPSA) is 35.5 Å². The Kier molecular flexibility index (Phi) is 7.19. The first kappa shape index (κ1) is 17.1. The normalized spacial score (nSPS) is 10.9. The lowest BCUT2D eigenvalue weighted by atomic mass is 10.1. The van der Waals surface area contributed by atoms with E-state index in [1.807, 2.05) is 0 Å². The summed E-state index contributed by atoms with van der Waals surface area (Å²) in [5.74, 6) is 0.0684. The van der Waals surface area contributed by atoms with Crippen LogP contribution in [0, 0.1) is 0 Å². The molecule has 0 fully saturated rings. The molecular weight excluding hydrogens is 313 g/mol. The van der Waals surface area contributed by atoms with Crippen LogP contribution >= 0.6 is 23.2 Å². The van der Waals surface area contributed by atoms with Crippen molar-refractivity contribution >= 4 is 29.0 Å². The van der Waals surface area contributed by atoms with Crippen LogP contribution in [0.4, 0.5) is 8.78 Å².